The highest BCUT2D eigenvalue weighted by molar-refractivity contribution is 6.16. The van der Waals surface area contributed by atoms with Gasteiger partial charge in [-0.3, -0.25) is 4.79 Å². The lowest BCUT2D eigenvalue weighted by atomic mass is 10.0. The number of benzene rings is 1. The smallest absolute Gasteiger partial charge is 0.340 e. The number of hydrogen-bond donors (Lipinski definition) is 0. The highest BCUT2D eigenvalue weighted by Gasteiger charge is 2.37. The molecule has 0 atom stereocenters. The first-order valence-corrected chi connectivity index (χ1v) is 8.03. The lowest BCUT2D eigenvalue weighted by Gasteiger charge is -2.17. The van der Waals surface area contributed by atoms with Gasteiger partial charge in [0.25, 0.3) is 5.91 Å². The Kier molecular flexibility index (Phi) is 6.41. The number of methoxy groups -OCH3 is 4. The third-order valence-corrected chi connectivity index (χ3v) is 4.15. The van der Waals surface area contributed by atoms with Gasteiger partial charge in [0.15, 0.2) is 11.5 Å². The summed E-state index contributed by atoms with van der Waals surface area (Å²) in [5, 5.41) is 0. The average molecular weight is 361 g/mol. The number of nitrogens with zero attached hydrogens (tertiary/aromatic N) is 1. The van der Waals surface area contributed by atoms with E-state index in [-0.39, 0.29) is 17.1 Å². The standard InChI is InChI=1S/C19H23NO6/c1-12-16(19(22)26-5)14(18(21)20(12)9-10-23-2)11-13-7-6-8-15(24-3)17(13)25-4/h6-8,11H,9-10H2,1-5H3. The Hall–Kier alpha value is -2.80. The molecule has 7 nitrogen and oxygen atoms in total. The fourth-order valence-corrected chi connectivity index (χ4v) is 2.86. The molecule has 1 heterocycles. The van der Waals surface area contributed by atoms with Crippen molar-refractivity contribution in [3.8, 4) is 11.5 Å². The van der Waals surface area contributed by atoms with Crippen LogP contribution in [0.1, 0.15) is 12.5 Å². The number of para-hydroxylation sites is 1. The van der Waals surface area contributed by atoms with Gasteiger partial charge in [-0.1, -0.05) is 12.1 Å². The van der Waals surface area contributed by atoms with E-state index in [2.05, 4.69) is 0 Å². The molecule has 0 N–H and O–H groups in total. The zero-order valence-corrected chi connectivity index (χ0v) is 15.6. The van der Waals surface area contributed by atoms with E-state index in [0.717, 1.165) is 0 Å². The van der Waals surface area contributed by atoms with Crippen LogP contribution in [0.25, 0.3) is 6.08 Å². The number of esters is 1. The Balaban J connectivity index is 2.58. The highest BCUT2D eigenvalue weighted by Crippen LogP contribution is 2.36. The summed E-state index contributed by atoms with van der Waals surface area (Å²) in [4.78, 5) is 26.7. The number of ether oxygens (including phenoxy) is 4. The normalized spacial score (nSPS) is 15.7. The molecule has 0 aromatic heterocycles. The molecular formula is C19H23NO6. The van der Waals surface area contributed by atoms with E-state index in [1.54, 1.807) is 38.3 Å². The van der Waals surface area contributed by atoms with E-state index in [1.165, 1.54) is 26.2 Å². The van der Waals surface area contributed by atoms with Crippen molar-refractivity contribution in [3.05, 3.63) is 40.6 Å². The summed E-state index contributed by atoms with van der Waals surface area (Å²) in [7, 11) is 5.89. The number of amides is 1. The Morgan fingerprint density at radius 2 is 1.88 bits per heavy atom. The molecule has 0 aliphatic carbocycles. The molecule has 0 spiro atoms. The van der Waals surface area contributed by atoms with Crippen LogP contribution in [-0.4, -0.2) is 58.4 Å². The van der Waals surface area contributed by atoms with Gasteiger partial charge in [0.1, 0.15) is 0 Å². The third kappa shape index (κ3) is 3.57. The summed E-state index contributed by atoms with van der Waals surface area (Å²) >= 11 is 0. The fourth-order valence-electron chi connectivity index (χ4n) is 2.86. The number of carbonyl (C=O) groups excluding carboxylic acids is 2. The van der Waals surface area contributed by atoms with Crippen molar-refractivity contribution in [2.24, 2.45) is 0 Å². The maximum absolute atomic E-state index is 12.9. The molecule has 1 aliphatic rings. The van der Waals surface area contributed by atoms with Gasteiger partial charge < -0.3 is 23.8 Å². The Bertz CT molecular complexity index is 765. The second-order valence-corrected chi connectivity index (χ2v) is 5.54. The zero-order chi connectivity index (χ0) is 19.3. The SMILES string of the molecule is COCCN1C(=O)C(=Cc2cccc(OC)c2OC)C(C(=O)OC)=C1C. The number of rotatable bonds is 7. The van der Waals surface area contributed by atoms with Gasteiger partial charge in [-0.25, -0.2) is 4.79 Å². The fraction of sp³-hybridized carbons (Fsp3) is 0.368. The second kappa shape index (κ2) is 8.53. The topological polar surface area (TPSA) is 74.3 Å². The van der Waals surface area contributed by atoms with E-state index in [4.69, 9.17) is 18.9 Å². The van der Waals surface area contributed by atoms with Crippen molar-refractivity contribution >= 4 is 18.0 Å². The van der Waals surface area contributed by atoms with Gasteiger partial charge in [-0.2, -0.15) is 0 Å². The van der Waals surface area contributed by atoms with E-state index >= 15 is 0 Å². The molecule has 0 unspecified atom stereocenters. The Morgan fingerprint density at radius 1 is 1.15 bits per heavy atom. The molecule has 26 heavy (non-hydrogen) atoms. The van der Waals surface area contributed by atoms with E-state index in [1.807, 2.05) is 0 Å². The molecule has 0 saturated carbocycles. The molecule has 140 valence electrons. The lowest BCUT2D eigenvalue weighted by Crippen LogP contribution is -2.28. The number of allylic oxidation sites excluding steroid dienone is 1. The summed E-state index contributed by atoms with van der Waals surface area (Å²) in [6, 6.07) is 5.32. The van der Waals surface area contributed by atoms with Gasteiger partial charge in [0.05, 0.1) is 39.1 Å². The van der Waals surface area contributed by atoms with E-state index < -0.39 is 5.97 Å². The van der Waals surface area contributed by atoms with E-state index in [9.17, 15) is 9.59 Å². The first kappa shape index (κ1) is 19.5. The van der Waals surface area contributed by atoms with Crippen LogP contribution >= 0.6 is 0 Å². The van der Waals surface area contributed by atoms with Crippen molar-refractivity contribution in [2.75, 3.05) is 41.6 Å². The lowest BCUT2D eigenvalue weighted by molar-refractivity contribution is -0.136. The molecule has 1 amide bonds. The minimum Gasteiger partial charge on any atom is -0.493 e. The van der Waals surface area contributed by atoms with Gasteiger partial charge in [0.2, 0.25) is 0 Å². The van der Waals surface area contributed by atoms with Crippen molar-refractivity contribution < 1.29 is 28.5 Å². The molecule has 0 radical (unpaired) electrons. The minimum atomic E-state index is -0.566. The van der Waals surface area contributed by atoms with Crippen LogP contribution in [0.5, 0.6) is 11.5 Å². The van der Waals surface area contributed by atoms with Gasteiger partial charge >= 0.3 is 5.97 Å². The largest absolute Gasteiger partial charge is 0.493 e. The summed E-state index contributed by atoms with van der Waals surface area (Å²) < 4.78 is 20.6. The van der Waals surface area contributed by atoms with Gasteiger partial charge in [-0.15, -0.1) is 0 Å². The highest BCUT2D eigenvalue weighted by atomic mass is 16.5. The Morgan fingerprint density at radius 3 is 2.46 bits per heavy atom. The van der Waals surface area contributed by atoms with Crippen LogP contribution in [0.2, 0.25) is 0 Å². The average Bonchev–Trinajstić information content (AvgIpc) is 2.89. The summed E-state index contributed by atoms with van der Waals surface area (Å²) in [5.74, 6) is 0.157. The first-order chi connectivity index (χ1) is 12.5. The molecular weight excluding hydrogens is 338 g/mol. The van der Waals surface area contributed by atoms with Crippen LogP contribution < -0.4 is 9.47 Å². The van der Waals surface area contributed by atoms with Gasteiger partial charge in [0, 0.05) is 24.9 Å². The third-order valence-electron chi connectivity index (χ3n) is 4.15. The monoisotopic (exact) mass is 361 g/mol. The summed E-state index contributed by atoms with van der Waals surface area (Å²) in [6.07, 6.45) is 1.62. The molecule has 0 fully saturated rings. The van der Waals surface area contributed by atoms with Crippen molar-refractivity contribution in [1.29, 1.82) is 0 Å². The van der Waals surface area contributed by atoms with Crippen molar-refractivity contribution in [3.63, 3.8) is 0 Å². The summed E-state index contributed by atoms with van der Waals surface area (Å²) in [5.41, 5.74) is 1.64. The molecule has 7 heteroatoms. The molecule has 0 saturated heterocycles. The van der Waals surface area contributed by atoms with Crippen molar-refractivity contribution in [1.82, 2.24) is 4.90 Å². The van der Waals surface area contributed by atoms with Crippen molar-refractivity contribution in [2.45, 2.75) is 6.92 Å². The number of hydrogen-bond acceptors (Lipinski definition) is 6. The van der Waals surface area contributed by atoms with Crippen LogP contribution in [0.3, 0.4) is 0 Å². The molecule has 2 rings (SSSR count). The molecule has 1 aromatic rings. The quantitative estimate of drug-likeness (QED) is 0.546. The predicted octanol–water partition coefficient (Wildman–Crippen LogP) is 2.02. The second-order valence-electron chi connectivity index (χ2n) is 5.54. The molecule has 1 aromatic carbocycles. The maximum Gasteiger partial charge on any atom is 0.340 e. The maximum atomic E-state index is 12.9. The van der Waals surface area contributed by atoms with Crippen LogP contribution in [0.4, 0.5) is 0 Å². The van der Waals surface area contributed by atoms with Crippen LogP contribution in [0.15, 0.2) is 35.0 Å². The Labute approximate surface area is 152 Å². The van der Waals surface area contributed by atoms with E-state index in [0.29, 0.717) is 35.9 Å². The van der Waals surface area contributed by atoms with Gasteiger partial charge in [-0.05, 0) is 19.1 Å². The van der Waals surface area contributed by atoms with Crippen LogP contribution in [-0.2, 0) is 19.1 Å². The molecule has 0 bridgehead atoms. The zero-order valence-electron chi connectivity index (χ0n) is 15.6. The first-order valence-electron chi connectivity index (χ1n) is 8.03. The minimum absolute atomic E-state index is 0.235. The predicted molar refractivity (Wildman–Crippen MR) is 95.8 cm³/mol. The summed E-state index contributed by atoms with van der Waals surface area (Å²) in [6.45, 7) is 2.41. The van der Waals surface area contributed by atoms with Crippen LogP contribution in [0, 0.1) is 0 Å². The molecule has 1 aliphatic heterocycles. The number of carbonyl (C=O) groups is 2.